The Bertz CT molecular complexity index is 417. The number of cyclic esters (lactones) is 1. The third kappa shape index (κ3) is 2.00. The lowest BCUT2D eigenvalue weighted by atomic mass is 10.0. The fraction of sp³-hybridized carbons (Fsp3) is 0.417. The van der Waals surface area contributed by atoms with Crippen LogP contribution in [-0.2, 0) is 4.74 Å². The summed E-state index contributed by atoms with van der Waals surface area (Å²) < 4.78 is 4.88. The maximum Gasteiger partial charge on any atom is 0.414 e. The van der Waals surface area contributed by atoms with E-state index in [1.807, 2.05) is 18.2 Å². The van der Waals surface area contributed by atoms with E-state index in [1.54, 1.807) is 4.90 Å². The Morgan fingerprint density at radius 1 is 1.44 bits per heavy atom. The first-order valence-corrected chi connectivity index (χ1v) is 5.71. The molecule has 3 nitrogen and oxygen atoms in total. The third-order valence-electron chi connectivity index (χ3n) is 2.68. The van der Waals surface area contributed by atoms with E-state index in [-0.39, 0.29) is 6.09 Å². The predicted molar refractivity (Wildman–Crippen MR) is 64.2 cm³/mol. The Morgan fingerprint density at radius 3 is 2.69 bits per heavy atom. The summed E-state index contributed by atoms with van der Waals surface area (Å²) in [6, 6.07) is 5.70. The zero-order valence-electron chi connectivity index (χ0n) is 9.37. The lowest BCUT2D eigenvalue weighted by Gasteiger charge is -2.15. The summed E-state index contributed by atoms with van der Waals surface area (Å²) in [6.45, 7) is 5.22. The topological polar surface area (TPSA) is 29.5 Å². The lowest BCUT2D eigenvalue weighted by molar-refractivity contribution is 0.181. The molecule has 1 aliphatic rings. The smallest absolute Gasteiger partial charge is 0.414 e. The molecule has 0 aromatic heterocycles. The molecule has 0 saturated carbocycles. The third-order valence-corrected chi connectivity index (χ3v) is 3.01. The van der Waals surface area contributed by atoms with Crippen molar-refractivity contribution in [2.75, 3.05) is 18.1 Å². The molecule has 16 heavy (non-hydrogen) atoms. The highest BCUT2D eigenvalue weighted by Crippen LogP contribution is 2.29. The molecule has 0 unspecified atom stereocenters. The van der Waals surface area contributed by atoms with Gasteiger partial charge in [0.15, 0.2) is 0 Å². The molecule has 2 rings (SSSR count). The van der Waals surface area contributed by atoms with Gasteiger partial charge < -0.3 is 4.74 Å². The monoisotopic (exact) mass is 239 g/mol. The van der Waals surface area contributed by atoms with E-state index in [2.05, 4.69) is 13.8 Å². The molecule has 0 radical (unpaired) electrons. The minimum absolute atomic E-state index is 0.298. The van der Waals surface area contributed by atoms with E-state index in [9.17, 15) is 4.79 Å². The molecule has 0 atom stereocenters. The highest BCUT2D eigenvalue weighted by atomic mass is 35.5. The van der Waals surface area contributed by atoms with Crippen molar-refractivity contribution >= 4 is 23.4 Å². The van der Waals surface area contributed by atoms with Gasteiger partial charge in [-0.3, -0.25) is 4.90 Å². The number of carbonyl (C=O) groups excluding carboxylic acids is 1. The first-order valence-electron chi connectivity index (χ1n) is 5.33. The van der Waals surface area contributed by atoms with Crippen LogP contribution in [0, 0.1) is 0 Å². The van der Waals surface area contributed by atoms with E-state index in [0.29, 0.717) is 24.1 Å². The van der Waals surface area contributed by atoms with Crippen LogP contribution in [0.1, 0.15) is 25.3 Å². The van der Waals surface area contributed by atoms with Crippen molar-refractivity contribution in [2.24, 2.45) is 0 Å². The molecule has 0 bridgehead atoms. The van der Waals surface area contributed by atoms with Crippen LogP contribution < -0.4 is 4.90 Å². The van der Waals surface area contributed by atoms with Crippen molar-refractivity contribution in [3.8, 4) is 0 Å². The van der Waals surface area contributed by atoms with E-state index in [0.717, 1.165) is 11.3 Å². The summed E-state index contributed by atoms with van der Waals surface area (Å²) in [4.78, 5) is 13.0. The number of carbonyl (C=O) groups is 1. The van der Waals surface area contributed by atoms with Gasteiger partial charge in [-0.15, -0.1) is 0 Å². The predicted octanol–water partition coefficient (Wildman–Crippen LogP) is 3.42. The van der Waals surface area contributed by atoms with Crippen LogP contribution in [0.2, 0.25) is 5.02 Å². The highest BCUT2D eigenvalue weighted by Gasteiger charge is 2.24. The molecular weight excluding hydrogens is 226 g/mol. The summed E-state index contributed by atoms with van der Waals surface area (Å²) >= 11 is 6.17. The Hall–Kier alpha value is -1.22. The van der Waals surface area contributed by atoms with Gasteiger partial charge in [-0.1, -0.05) is 31.5 Å². The van der Waals surface area contributed by atoms with Crippen molar-refractivity contribution in [3.05, 3.63) is 28.8 Å². The van der Waals surface area contributed by atoms with E-state index in [4.69, 9.17) is 16.3 Å². The van der Waals surface area contributed by atoms with Crippen molar-refractivity contribution in [3.63, 3.8) is 0 Å². The van der Waals surface area contributed by atoms with Crippen LogP contribution in [0.5, 0.6) is 0 Å². The van der Waals surface area contributed by atoms with Gasteiger partial charge in [0, 0.05) is 10.7 Å². The van der Waals surface area contributed by atoms with Gasteiger partial charge in [0.1, 0.15) is 6.61 Å². The van der Waals surface area contributed by atoms with Crippen molar-refractivity contribution in [1.29, 1.82) is 0 Å². The molecule has 0 aliphatic carbocycles. The van der Waals surface area contributed by atoms with Gasteiger partial charge in [-0.05, 0) is 23.6 Å². The molecule has 1 aromatic rings. The number of rotatable bonds is 2. The number of hydrogen-bond donors (Lipinski definition) is 0. The molecular formula is C12H14ClNO2. The molecule has 4 heteroatoms. The summed E-state index contributed by atoms with van der Waals surface area (Å²) in [5.74, 6) is 0.382. The van der Waals surface area contributed by atoms with E-state index < -0.39 is 0 Å². The average Bonchev–Trinajstić information content (AvgIpc) is 2.63. The number of halogens is 1. The molecule has 1 aromatic carbocycles. The Labute approximate surface area is 100.0 Å². The molecule has 1 fully saturated rings. The number of nitrogens with zero attached hydrogens (tertiary/aromatic N) is 1. The van der Waals surface area contributed by atoms with Crippen molar-refractivity contribution in [2.45, 2.75) is 19.8 Å². The Balaban J connectivity index is 2.30. The molecule has 0 N–H and O–H groups in total. The summed E-state index contributed by atoms with van der Waals surface area (Å²) in [6.07, 6.45) is -0.298. The fourth-order valence-electron chi connectivity index (χ4n) is 1.78. The molecule has 1 amide bonds. The van der Waals surface area contributed by atoms with E-state index >= 15 is 0 Å². The maximum absolute atomic E-state index is 11.4. The van der Waals surface area contributed by atoms with Crippen LogP contribution in [-0.4, -0.2) is 19.2 Å². The van der Waals surface area contributed by atoms with Crippen LogP contribution in [0.15, 0.2) is 18.2 Å². The average molecular weight is 240 g/mol. The van der Waals surface area contributed by atoms with Gasteiger partial charge >= 0.3 is 6.09 Å². The second-order valence-electron chi connectivity index (χ2n) is 4.13. The van der Waals surface area contributed by atoms with Gasteiger partial charge in [0.2, 0.25) is 0 Å². The summed E-state index contributed by atoms with van der Waals surface area (Å²) in [5.41, 5.74) is 1.90. The number of benzene rings is 1. The fourth-order valence-corrected chi connectivity index (χ4v) is 2.17. The van der Waals surface area contributed by atoms with Crippen LogP contribution >= 0.6 is 11.6 Å². The standard InChI is InChI=1S/C12H14ClNO2/c1-8(2)10-4-3-9(7-11(10)13)14-5-6-16-12(14)15/h3-4,7-8H,5-6H2,1-2H3. The zero-order valence-corrected chi connectivity index (χ0v) is 10.1. The van der Waals surface area contributed by atoms with Crippen molar-refractivity contribution in [1.82, 2.24) is 0 Å². The van der Waals surface area contributed by atoms with Crippen LogP contribution in [0.25, 0.3) is 0 Å². The number of anilines is 1. The normalized spacial score (nSPS) is 15.8. The first kappa shape index (κ1) is 11.3. The molecule has 0 spiro atoms. The minimum atomic E-state index is -0.298. The quantitative estimate of drug-likeness (QED) is 0.792. The first-order chi connectivity index (χ1) is 7.59. The Morgan fingerprint density at radius 2 is 2.19 bits per heavy atom. The van der Waals surface area contributed by atoms with Crippen LogP contribution in [0.4, 0.5) is 10.5 Å². The summed E-state index contributed by atoms with van der Waals surface area (Å²) in [7, 11) is 0. The van der Waals surface area contributed by atoms with Gasteiger partial charge in [0.25, 0.3) is 0 Å². The second-order valence-corrected chi connectivity index (χ2v) is 4.53. The van der Waals surface area contributed by atoms with Crippen molar-refractivity contribution < 1.29 is 9.53 Å². The lowest BCUT2D eigenvalue weighted by Crippen LogP contribution is -2.23. The second kappa shape index (κ2) is 4.34. The van der Waals surface area contributed by atoms with E-state index in [1.165, 1.54) is 0 Å². The molecule has 1 aliphatic heterocycles. The Kier molecular flexibility index (Phi) is 3.06. The maximum atomic E-state index is 11.4. The number of ether oxygens (including phenoxy) is 1. The van der Waals surface area contributed by atoms with Crippen LogP contribution in [0.3, 0.4) is 0 Å². The molecule has 1 heterocycles. The molecule has 86 valence electrons. The number of hydrogen-bond acceptors (Lipinski definition) is 2. The largest absolute Gasteiger partial charge is 0.447 e. The summed E-state index contributed by atoms with van der Waals surface area (Å²) in [5, 5.41) is 0.701. The minimum Gasteiger partial charge on any atom is -0.447 e. The molecule has 1 saturated heterocycles. The zero-order chi connectivity index (χ0) is 11.7. The number of amides is 1. The highest BCUT2D eigenvalue weighted by molar-refractivity contribution is 6.31. The van der Waals surface area contributed by atoms with Gasteiger partial charge in [0.05, 0.1) is 6.54 Å². The van der Waals surface area contributed by atoms with Gasteiger partial charge in [-0.25, -0.2) is 4.79 Å². The van der Waals surface area contributed by atoms with Gasteiger partial charge in [-0.2, -0.15) is 0 Å². The SMILES string of the molecule is CC(C)c1ccc(N2CCOC2=O)cc1Cl.